The maximum atomic E-state index is 10.6. The van der Waals surface area contributed by atoms with E-state index in [1.165, 1.54) is 7.11 Å². The van der Waals surface area contributed by atoms with E-state index in [-0.39, 0.29) is 17.9 Å². The lowest BCUT2D eigenvalue weighted by molar-refractivity contribution is -0.0518. The van der Waals surface area contributed by atoms with Crippen LogP contribution in [-0.2, 0) is 30.3 Å². The molecule has 1 saturated heterocycles. The minimum atomic E-state index is -3.51. The molecule has 168 valence electrons. The number of hydrogen-bond donors (Lipinski definition) is 3. The molecule has 0 amide bonds. The first-order valence-corrected chi connectivity index (χ1v) is 12.2. The van der Waals surface area contributed by atoms with Crippen molar-refractivity contribution in [3.05, 3.63) is 6.33 Å². The second-order valence-electron chi connectivity index (χ2n) is 7.88. The topological polar surface area (TPSA) is 153 Å². The Morgan fingerprint density at radius 1 is 1.27 bits per heavy atom. The Balaban J connectivity index is 1.99. The summed E-state index contributed by atoms with van der Waals surface area (Å²) in [7, 11) is 1.54. The van der Waals surface area contributed by atoms with Crippen LogP contribution < -0.4 is 11.5 Å². The highest BCUT2D eigenvalue weighted by Crippen LogP contribution is 2.51. The highest BCUT2D eigenvalue weighted by molar-refractivity contribution is 8.07. The van der Waals surface area contributed by atoms with Crippen LogP contribution in [0.25, 0.3) is 11.2 Å². The summed E-state index contributed by atoms with van der Waals surface area (Å²) in [5, 5.41) is 0. The first-order valence-electron chi connectivity index (χ1n) is 9.65. The smallest absolute Gasteiger partial charge is 0.325 e. The summed E-state index contributed by atoms with van der Waals surface area (Å²) in [6.45, 7) is 4.17. The Bertz CT molecular complexity index is 941. The molecule has 11 nitrogen and oxygen atoms in total. The van der Waals surface area contributed by atoms with Crippen LogP contribution in [0, 0.1) is 5.92 Å². The van der Waals surface area contributed by atoms with Crippen LogP contribution >= 0.6 is 6.72 Å². The van der Waals surface area contributed by atoms with E-state index in [0.29, 0.717) is 23.5 Å². The van der Waals surface area contributed by atoms with Crippen LogP contribution in [0.5, 0.6) is 0 Å². The lowest BCUT2D eigenvalue weighted by Gasteiger charge is -2.28. The van der Waals surface area contributed by atoms with Crippen LogP contribution in [0.15, 0.2) is 6.33 Å². The van der Waals surface area contributed by atoms with Crippen molar-refractivity contribution in [3.8, 4) is 0 Å². The van der Waals surface area contributed by atoms with Gasteiger partial charge in [-0.1, -0.05) is 13.8 Å². The molecule has 1 fully saturated rings. The molecule has 3 rings (SSSR count). The Morgan fingerprint density at radius 2 is 1.97 bits per heavy atom. The molecule has 5 N–H and O–H groups in total. The van der Waals surface area contributed by atoms with Crippen molar-refractivity contribution in [3.63, 3.8) is 0 Å². The van der Waals surface area contributed by atoms with Gasteiger partial charge in [-0.3, -0.25) is 9.09 Å². The molecule has 30 heavy (non-hydrogen) atoms. The average Bonchev–Trinajstić information content (AvgIpc) is 3.14. The third-order valence-corrected chi connectivity index (χ3v) is 6.31. The van der Waals surface area contributed by atoms with Gasteiger partial charge in [-0.15, -0.1) is 0 Å². The molecule has 0 saturated carbocycles. The monoisotopic (exact) mass is 460 g/mol. The first-order chi connectivity index (χ1) is 14.0. The Morgan fingerprint density at radius 3 is 2.57 bits per heavy atom. The minimum absolute atomic E-state index is 0.0245. The molecule has 2 unspecified atom stereocenters. The van der Waals surface area contributed by atoms with Crippen LogP contribution in [0.3, 0.4) is 0 Å². The van der Waals surface area contributed by atoms with E-state index in [1.54, 1.807) is 24.7 Å². The molecule has 0 spiro atoms. The van der Waals surface area contributed by atoms with Crippen molar-refractivity contribution in [2.45, 2.75) is 64.8 Å². The van der Waals surface area contributed by atoms with Crippen LogP contribution in [0.1, 0.15) is 40.3 Å². The van der Waals surface area contributed by atoms with Crippen molar-refractivity contribution < 1.29 is 23.4 Å². The minimum Gasteiger partial charge on any atom is -0.382 e. The van der Waals surface area contributed by atoms with Gasteiger partial charge in [0.05, 0.1) is 18.5 Å². The number of nitrogen functional groups attached to an aromatic ring is 2. The molecule has 3 heterocycles. The lowest BCUT2D eigenvalue weighted by Crippen LogP contribution is -2.36. The number of anilines is 2. The zero-order valence-corrected chi connectivity index (χ0v) is 19.3. The van der Waals surface area contributed by atoms with Gasteiger partial charge in [-0.25, -0.2) is 4.98 Å². The van der Waals surface area contributed by atoms with Crippen molar-refractivity contribution in [2.75, 3.05) is 18.6 Å². The fraction of sp³-hybridized carbons (Fsp3) is 0.706. The van der Waals surface area contributed by atoms with Gasteiger partial charge in [-0.05, 0) is 38.0 Å². The summed E-state index contributed by atoms with van der Waals surface area (Å²) < 4.78 is 25.1. The average molecular weight is 460 g/mol. The van der Waals surface area contributed by atoms with Gasteiger partial charge in [0.2, 0.25) is 5.95 Å². The second kappa shape index (κ2) is 8.99. The number of nitrogens with zero attached hydrogens (tertiary/aromatic N) is 4. The number of hydrogen-bond acceptors (Lipinski definition) is 10. The number of fused-ring (bicyclic) bond motifs is 1. The Hall–Kier alpha value is -1.40. The van der Waals surface area contributed by atoms with Crippen molar-refractivity contribution in [1.82, 2.24) is 19.5 Å². The van der Waals surface area contributed by atoms with Gasteiger partial charge < -0.3 is 30.4 Å². The number of methoxy groups -OCH3 is 1. The fourth-order valence-corrected chi connectivity index (χ4v) is 5.51. The maximum Gasteiger partial charge on any atom is 0.325 e. The van der Waals surface area contributed by atoms with Gasteiger partial charge >= 0.3 is 6.72 Å². The van der Waals surface area contributed by atoms with E-state index < -0.39 is 31.3 Å². The molecule has 1 aliphatic rings. The van der Waals surface area contributed by atoms with E-state index in [1.807, 2.05) is 0 Å². The summed E-state index contributed by atoms with van der Waals surface area (Å²) in [6, 6.07) is 0. The normalized spacial score (nSPS) is 26.7. The zero-order chi connectivity index (χ0) is 22.2. The number of aromatic nitrogens is 4. The van der Waals surface area contributed by atoms with E-state index in [0.717, 1.165) is 0 Å². The summed E-state index contributed by atoms with van der Waals surface area (Å²) in [6.07, 6.45) is -0.427. The third kappa shape index (κ3) is 4.91. The number of imidazole rings is 1. The van der Waals surface area contributed by atoms with Crippen LogP contribution in [0.2, 0.25) is 0 Å². The SMILES string of the molecule is CO[C@H]1C(OP(O)(=S)OC(C)C)[C@@H](CC(C)C)O[C@H]1n1cnc2c(N)nc(N)nc21. The Labute approximate surface area is 180 Å². The van der Waals surface area contributed by atoms with Gasteiger partial charge in [0, 0.05) is 7.11 Å². The van der Waals surface area contributed by atoms with E-state index >= 15 is 0 Å². The molecule has 2 aromatic heterocycles. The number of nitrogens with two attached hydrogens (primary N) is 2. The molecule has 13 heteroatoms. The predicted molar refractivity (Wildman–Crippen MR) is 116 cm³/mol. The van der Waals surface area contributed by atoms with Gasteiger partial charge in [0.25, 0.3) is 0 Å². The van der Waals surface area contributed by atoms with Crippen molar-refractivity contribution in [2.24, 2.45) is 5.92 Å². The molecule has 0 bridgehead atoms. The second-order valence-corrected chi connectivity index (χ2v) is 10.6. The van der Waals surface area contributed by atoms with Gasteiger partial charge in [-0.2, -0.15) is 9.97 Å². The quantitative estimate of drug-likeness (QED) is 0.496. The summed E-state index contributed by atoms with van der Waals surface area (Å²) in [5.74, 6) is 0.496. The molecule has 0 aromatic carbocycles. The fourth-order valence-electron chi connectivity index (χ4n) is 3.55. The molecule has 2 aromatic rings. The van der Waals surface area contributed by atoms with Crippen molar-refractivity contribution >= 4 is 41.5 Å². The predicted octanol–water partition coefficient (Wildman–Crippen LogP) is 1.98. The largest absolute Gasteiger partial charge is 0.382 e. The molecule has 0 radical (unpaired) electrons. The highest BCUT2D eigenvalue weighted by Gasteiger charge is 2.49. The van der Waals surface area contributed by atoms with Crippen LogP contribution in [-0.4, -0.2) is 55.9 Å². The molecule has 0 aliphatic carbocycles. The summed E-state index contributed by atoms with van der Waals surface area (Å²) in [4.78, 5) is 23.1. The third-order valence-electron chi connectivity index (χ3n) is 4.60. The van der Waals surface area contributed by atoms with E-state index in [9.17, 15) is 4.89 Å². The zero-order valence-electron chi connectivity index (χ0n) is 17.6. The van der Waals surface area contributed by atoms with Crippen molar-refractivity contribution in [1.29, 1.82) is 0 Å². The Kier molecular flexibility index (Phi) is 6.97. The molecule has 1 aliphatic heterocycles. The number of rotatable bonds is 8. The van der Waals surface area contributed by atoms with E-state index in [4.69, 9.17) is 41.8 Å². The number of ether oxygens (including phenoxy) is 2. The summed E-state index contributed by atoms with van der Waals surface area (Å²) in [5.41, 5.74) is 12.5. The lowest BCUT2D eigenvalue weighted by atomic mass is 10.0. The molecular formula is C17H29N6O5PS. The van der Waals surface area contributed by atoms with Gasteiger partial charge in [0.15, 0.2) is 17.7 Å². The molecule has 5 atom stereocenters. The highest BCUT2D eigenvalue weighted by atomic mass is 32.5. The first kappa shape index (κ1) is 23.3. The molecular weight excluding hydrogens is 431 g/mol. The summed E-state index contributed by atoms with van der Waals surface area (Å²) >= 11 is 5.21. The maximum absolute atomic E-state index is 10.6. The van der Waals surface area contributed by atoms with E-state index in [2.05, 4.69) is 28.8 Å². The standard InChI is InChI=1S/C17H29N6O5PS/c1-8(2)6-10-12(28-29(24,30)27-9(3)4)13(25-5)16(26-10)23-7-20-11-14(18)21-17(19)22-15(11)23/h7-10,12-13,16H,6H2,1-5H3,(H,24,30)(H4,18,19,21,22)/t10-,12?,13+,16-,29?/m1/s1. The van der Waals surface area contributed by atoms with Crippen LogP contribution in [0.4, 0.5) is 11.8 Å². The van der Waals surface area contributed by atoms with Gasteiger partial charge in [0.1, 0.15) is 17.7 Å².